The van der Waals surface area contributed by atoms with Crippen molar-refractivity contribution in [1.82, 2.24) is 0 Å². The molecular formula is C10H8BrNaO4S. The van der Waals surface area contributed by atoms with E-state index in [0.717, 1.165) is 4.47 Å². The van der Waals surface area contributed by atoms with Gasteiger partial charge in [-0.2, -0.15) is 8.42 Å². The van der Waals surface area contributed by atoms with Gasteiger partial charge in [-0.25, -0.2) is 0 Å². The SMILES string of the molecule is O=S(=O)(O)c1c(O)ccc2cc(Br)ccc12.[NaH]. The number of aromatic hydroxyl groups is 1. The first-order valence-electron chi connectivity index (χ1n) is 4.28. The molecule has 0 bridgehead atoms. The van der Waals surface area contributed by atoms with Gasteiger partial charge < -0.3 is 5.11 Å². The monoisotopic (exact) mass is 326 g/mol. The molecule has 2 rings (SSSR count). The molecule has 0 aromatic heterocycles. The molecule has 0 fully saturated rings. The van der Waals surface area contributed by atoms with Crippen LogP contribution in [0.5, 0.6) is 5.75 Å². The van der Waals surface area contributed by atoms with Crippen LogP contribution in [0, 0.1) is 0 Å². The van der Waals surface area contributed by atoms with Crippen molar-refractivity contribution >= 4 is 66.4 Å². The third kappa shape index (κ3) is 3.01. The molecule has 2 N–H and O–H groups in total. The van der Waals surface area contributed by atoms with Gasteiger partial charge in [0.25, 0.3) is 10.1 Å². The maximum atomic E-state index is 11.1. The Labute approximate surface area is 129 Å². The Bertz CT molecular complexity index is 669. The summed E-state index contributed by atoms with van der Waals surface area (Å²) in [5.74, 6) is -0.461. The van der Waals surface area contributed by atoms with Gasteiger partial charge in [0.15, 0.2) is 0 Å². The summed E-state index contributed by atoms with van der Waals surface area (Å²) in [6.07, 6.45) is 0. The zero-order valence-electron chi connectivity index (χ0n) is 7.88. The van der Waals surface area contributed by atoms with Gasteiger partial charge in [0.1, 0.15) is 10.6 Å². The van der Waals surface area contributed by atoms with E-state index in [2.05, 4.69) is 15.9 Å². The standard InChI is InChI=1S/C10H7BrO4S.Na.H/c11-7-2-3-8-6(5-7)1-4-9(12)10(8)16(13,14)15;;/h1-5,12H,(H,13,14,15);;. The molecular weight excluding hydrogens is 319 g/mol. The van der Waals surface area contributed by atoms with Crippen LogP contribution in [0.1, 0.15) is 0 Å². The van der Waals surface area contributed by atoms with E-state index in [9.17, 15) is 13.5 Å². The average molecular weight is 327 g/mol. The van der Waals surface area contributed by atoms with Gasteiger partial charge >= 0.3 is 29.6 Å². The van der Waals surface area contributed by atoms with E-state index in [1.165, 1.54) is 12.1 Å². The van der Waals surface area contributed by atoms with Crippen molar-refractivity contribution in [2.45, 2.75) is 4.90 Å². The predicted molar refractivity (Wildman–Crippen MR) is 70.3 cm³/mol. The summed E-state index contributed by atoms with van der Waals surface area (Å²) < 4.78 is 32.1. The molecule has 0 saturated carbocycles. The van der Waals surface area contributed by atoms with E-state index in [-0.39, 0.29) is 34.9 Å². The number of phenols is 1. The van der Waals surface area contributed by atoms with Crippen LogP contribution in [0.2, 0.25) is 0 Å². The van der Waals surface area contributed by atoms with Crippen LogP contribution in [-0.2, 0) is 10.1 Å². The summed E-state index contributed by atoms with van der Waals surface area (Å²) in [6, 6.07) is 7.66. The number of rotatable bonds is 1. The summed E-state index contributed by atoms with van der Waals surface area (Å²) in [5, 5.41) is 10.4. The molecule has 0 unspecified atom stereocenters. The molecule has 0 heterocycles. The maximum absolute atomic E-state index is 11.1. The Hall–Kier alpha value is -0.110. The van der Waals surface area contributed by atoms with Crippen molar-refractivity contribution in [3.8, 4) is 5.75 Å². The molecule has 0 atom stereocenters. The Morgan fingerprint density at radius 1 is 1.12 bits per heavy atom. The Balaban J connectivity index is 0.00000144. The van der Waals surface area contributed by atoms with E-state index < -0.39 is 20.8 Å². The summed E-state index contributed by atoms with van der Waals surface area (Å²) in [7, 11) is -4.44. The number of fused-ring (bicyclic) bond motifs is 1. The summed E-state index contributed by atoms with van der Waals surface area (Å²) in [6.45, 7) is 0. The Kier molecular flexibility index (Phi) is 4.62. The number of benzene rings is 2. The number of hydrogen-bond donors (Lipinski definition) is 2. The van der Waals surface area contributed by atoms with Crippen LogP contribution < -0.4 is 0 Å². The fourth-order valence-electron chi connectivity index (χ4n) is 1.53. The molecule has 0 aliphatic carbocycles. The minimum atomic E-state index is -4.44. The molecule has 0 aliphatic heterocycles. The Morgan fingerprint density at radius 3 is 2.35 bits per heavy atom. The van der Waals surface area contributed by atoms with E-state index in [1.807, 2.05) is 0 Å². The van der Waals surface area contributed by atoms with Crippen LogP contribution >= 0.6 is 15.9 Å². The van der Waals surface area contributed by atoms with Crippen LogP contribution in [0.25, 0.3) is 10.8 Å². The Morgan fingerprint density at radius 2 is 1.76 bits per heavy atom. The second-order valence-electron chi connectivity index (χ2n) is 3.25. The second kappa shape index (κ2) is 5.26. The van der Waals surface area contributed by atoms with Crippen LogP contribution in [0.15, 0.2) is 39.7 Å². The van der Waals surface area contributed by atoms with E-state index >= 15 is 0 Å². The topological polar surface area (TPSA) is 74.6 Å². The van der Waals surface area contributed by atoms with Crippen molar-refractivity contribution in [3.05, 3.63) is 34.8 Å². The van der Waals surface area contributed by atoms with E-state index in [4.69, 9.17) is 4.55 Å². The first-order chi connectivity index (χ1) is 7.39. The molecule has 4 nitrogen and oxygen atoms in total. The van der Waals surface area contributed by atoms with Crippen molar-refractivity contribution in [2.24, 2.45) is 0 Å². The molecule has 86 valence electrons. The third-order valence-electron chi connectivity index (χ3n) is 2.17. The number of halogens is 1. The van der Waals surface area contributed by atoms with Crippen LogP contribution in [0.3, 0.4) is 0 Å². The zero-order valence-corrected chi connectivity index (χ0v) is 10.3. The number of phenolic OH excluding ortho intramolecular Hbond substituents is 1. The molecule has 0 amide bonds. The molecule has 7 heteroatoms. The summed E-state index contributed by atoms with van der Waals surface area (Å²) in [5.41, 5.74) is 0. The van der Waals surface area contributed by atoms with Gasteiger partial charge in [-0.15, -0.1) is 0 Å². The number of hydrogen-bond acceptors (Lipinski definition) is 3. The van der Waals surface area contributed by atoms with Gasteiger partial charge in [-0.3, -0.25) is 4.55 Å². The molecule has 0 radical (unpaired) electrons. The minimum absolute atomic E-state index is 0. The molecule has 0 saturated heterocycles. The zero-order chi connectivity index (χ0) is 11.9. The van der Waals surface area contributed by atoms with Crippen LogP contribution in [-0.4, -0.2) is 47.6 Å². The fraction of sp³-hybridized carbons (Fsp3) is 0. The van der Waals surface area contributed by atoms with Crippen molar-refractivity contribution in [3.63, 3.8) is 0 Å². The molecule has 0 aliphatic rings. The fourth-order valence-corrected chi connectivity index (χ4v) is 2.71. The van der Waals surface area contributed by atoms with Crippen molar-refractivity contribution in [1.29, 1.82) is 0 Å². The first-order valence-corrected chi connectivity index (χ1v) is 6.51. The summed E-state index contributed by atoms with van der Waals surface area (Å²) >= 11 is 3.25. The summed E-state index contributed by atoms with van der Waals surface area (Å²) in [4.78, 5) is -0.461. The quantitative estimate of drug-likeness (QED) is 0.620. The van der Waals surface area contributed by atoms with E-state index in [1.54, 1.807) is 18.2 Å². The van der Waals surface area contributed by atoms with Crippen molar-refractivity contribution in [2.75, 3.05) is 0 Å². The second-order valence-corrected chi connectivity index (χ2v) is 5.53. The van der Waals surface area contributed by atoms with Crippen molar-refractivity contribution < 1.29 is 18.1 Å². The normalized spacial score (nSPS) is 11.2. The van der Waals surface area contributed by atoms with Crippen LogP contribution in [0.4, 0.5) is 0 Å². The van der Waals surface area contributed by atoms with Gasteiger partial charge in [0.2, 0.25) is 0 Å². The molecule has 0 spiro atoms. The van der Waals surface area contributed by atoms with Gasteiger partial charge in [0, 0.05) is 9.86 Å². The first kappa shape index (κ1) is 14.9. The predicted octanol–water partition coefficient (Wildman–Crippen LogP) is 1.91. The van der Waals surface area contributed by atoms with Gasteiger partial charge in [-0.05, 0) is 23.6 Å². The molecule has 2 aromatic carbocycles. The van der Waals surface area contributed by atoms with Gasteiger partial charge in [-0.1, -0.05) is 28.1 Å². The van der Waals surface area contributed by atoms with E-state index in [0.29, 0.717) is 5.39 Å². The molecule has 2 aromatic rings. The third-order valence-corrected chi connectivity index (χ3v) is 3.61. The molecule has 17 heavy (non-hydrogen) atoms. The van der Waals surface area contributed by atoms with Gasteiger partial charge in [0.05, 0.1) is 0 Å². The average Bonchev–Trinajstić information content (AvgIpc) is 2.16.